The largest absolute Gasteiger partial charge is 0.326 e. The van der Waals surface area contributed by atoms with Crippen LogP contribution in [0.15, 0.2) is 34.5 Å². The van der Waals surface area contributed by atoms with Crippen LogP contribution in [0.5, 0.6) is 0 Å². The molecule has 0 radical (unpaired) electrons. The number of hydrogen-bond acceptors (Lipinski definition) is 4. The molecule has 1 atom stereocenters. The molecule has 5 nitrogen and oxygen atoms in total. The molecule has 1 amide bonds. The Morgan fingerprint density at radius 2 is 2.04 bits per heavy atom. The second kappa shape index (κ2) is 7.68. The molecule has 1 unspecified atom stereocenters. The summed E-state index contributed by atoms with van der Waals surface area (Å²) in [6.45, 7) is 4.56. The van der Waals surface area contributed by atoms with Crippen LogP contribution in [0.3, 0.4) is 0 Å². The molecule has 1 aliphatic heterocycles. The Kier molecular flexibility index (Phi) is 5.72. The Balaban J connectivity index is 1.74. The fourth-order valence-electron chi connectivity index (χ4n) is 3.06. The van der Waals surface area contributed by atoms with Gasteiger partial charge in [-0.15, -0.1) is 11.3 Å². The lowest BCUT2D eigenvalue weighted by Crippen LogP contribution is -2.43. The van der Waals surface area contributed by atoms with E-state index in [1.807, 2.05) is 32.0 Å². The van der Waals surface area contributed by atoms with E-state index in [0.717, 1.165) is 28.2 Å². The third-order valence-corrected chi connectivity index (χ3v) is 8.32. The standard InChI is InChI=1S/C18H21ClN2O3S2/c1-12-5-3-7-15(13(12)2)20-18(22)14-6-4-10-21(11-14)26(23,24)17-9-8-16(19)25-17/h3,5,7-9,14H,4,6,10-11H2,1-2H3,(H,20,22). The molecule has 0 saturated carbocycles. The van der Waals surface area contributed by atoms with Crippen LogP contribution in [-0.2, 0) is 14.8 Å². The summed E-state index contributed by atoms with van der Waals surface area (Å²) in [5, 5.41) is 2.96. The van der Waals surface area contributed by atoms with E-state index in [-0.39, 0.29) is 22.6 Å². The predicted molar refractivity (Wildman–Crippen MR) is 105 cm³/mol. The normalized spacial score (nSPS) is 18.7. The van der Waals surface area contributed by atoms with Crippen molar-refractivity contribution in [1.29, 1.82) is 0 Å². The SMILES string of the molecule is Cc1cccc(NC(=O)C2CCCN(S(=O)(=O)c3ccc(Cl)s3)C2)c1C. The molecule has 3 rings (SSSR count). The van der Waals surface area contributed by atoms with Crippen molar-refractivity contribution in [3.63, 3.8) is 0 Å². The van der Waals surface area contributed by atoms with Gasteiger partial charge in [0.2, 0.25) is 5.91 Å². The van der Waals surface area contributed by atoms with Crippen LogP contribution in [0.4, 0.5) is 5.69 Å². The number of aryl methyl sites for hydroxylation is 1. The first kappa shape index (κ1) is 19.4. The van der Waals surface area contributed by atoms with Crippen LogP contribution in [0.1, 0.15) is 24.0 Å². The molecule has 8 heteroatoms. The molecular weight excluding hydrogens is 392 g/mol. The Labute approximate surface area is 163 Å². The molecule has 140 valence electrons. The molecule has 0 aliphatic carbocycles. The Bertz CT molecular complexity index is 924. The summed E-state index contributed by atoms with van der Waals surface area (Å²) in [6, 6.07) is 8.85. The van der Waals surface area contributed by atoms with E-state index in [2.05, 4.69) is 5.32 Å². The van der Waals surface area contributed by atoms with Crippen molar-refractivity contribution < 1.29 is 13.2 Å². The van der Waals surface area contributed by atoms with E-state index in [1.165, 1.54) is 10.4 Å². The summed E-state index contributed by atoms with van der Waals surface area (Å²) in [4.78, 5) is 12.7. The lowest BCUT2D eigenvalue weighted by atomic mass is 9.98. The smallest absolute Gasteiger partial charge is 0.252 e. The second-order valence-electron chi connectivity index (χ2n) is 6.50. The van der Waals surface area contributed by atoms with Gasteiger partial charge in [0.1, 0.15) is 4.21 Å². The zero-order valence-corrected chi connectivity index (χ0v) is 17.0. The highest BCUT2D eigenvalue weighted by molar-refractivity contribution is 7.91. The third-order valence-electron chi connectivity index (χ3n) is 4.76. The molecule has 1 aromatic carbocycles. The number of carbonyl (C=O) groups excluding carboxylic acids is 1. The molecule has 2 heterocycles. The number of rotatable bonds is 4. The molecule has 1 fully saturated rings. The zero-order chi connectivity index (χ0) is 18.9. The van der Waals surface area contributed by atoms with Crippen LogP contribution < -0.4 is 5.32 Å². The summed E-state index contributed by atoms with van der Waals surface area (Å²) in [6.07, 6.45) is 1.33. The molecule has 1 saturated heterocycles. The van der Waals surface area contributed by atoms with Crippen LogP contribution in [0.25, 0.3) is 0 Å². The van der Waals surface area contributed by atoms with Gasteiger partial charge in [-0.05, 0) is 56.0 Å². The van der Waals surface area contributed by atoms with Crippen molar-refractivity contribution >= 4 is 44.6 Å². The number of hydrogen-bond donors (Lipinski definition) is 1. The number of sulfonamides is 1. The van der Waals surface area contributed by atoms with Gasteiger partial charge < -0.3 is 5.32 Å². The summed E-state index contributed by atoms with van der Waals surface area (Å²) in [5.41, 5.74) is 2.90. The fraction of sp³-hybridized carbons (Fsp3) is 0.389. The Hall–Kier alpha value is -1.41. The number of benzene rings is 1. The van der Waals surface area contributed by atoms with Crippen molar-refractivity contribution in [1.82, 2.24) is 4.31 Å². The van der Waals surface area contributed by atoms with Gasteiger partial charge in [-0.25, -0.2) is 8.42 Å². The van der Waals surface area contributed by atoms with Crippen molar-refractivity contribution in [3.8, 4) is 0 Å². The van der Waals surface area contributed by atoms with Crippen LogP contribution in [0, 0.1) is 19.8 Å². The number of halogens is 1. The maximum atomic E-state index is 12.8. The van der Waals surface area contributed by atoms with Crippen molar-refractivity contribution in [2.45, 2.75) is 30.9 Å². The van der Waals surface area contributed by atoms with Gasteiger partial charge in [-0.1, -0.05) is 23.7 Å². The number of anilines is 1. The predicted octanol–water partition coefficient (Wildman–Crippen LogP) is 4.06. The Morgan fingerprint density at radius 1 is 1.27 bits per heavy atom. The van der Waals surface area contributed by atoms with Crippen molar-refractivity contribution in [3.05, 3.63) is 45.8 Å². The van der Waals surface area contributed by atoms with Gasteiger partial charge in [0.15, 0.2) is 0 Å². The van der Waals surface area contributed by atoms with Gasteiger partial charge in [0.05, 0.1) is 10.3 Å². The first-order valence-electron chi connectivity index (χ1n) is 8.41. The topological polar surface area (TPSA) is 66.5 Å². The number of piperidine rings is 1. The van der Waals surface area contributed by atoms with Crippen molar-refractivity contribution in [2.24, 2.45) is 5.92 Å². The average Bonchev–Trinajstić information content (AvgIpc) is 3.06. The molecule has 2 aromatic rings. The monoisotopic (exact) mass is 412 g/mol. The van der Waals surface area contributed by atoms with E-state index in [0.29, 0.717) is 23.7 Å². The fourth-order valence-corrected chi connectivity index (χ4v) is 6.22. The lowest BCUT2D eigenvalue weighted by molar-refractivity contribution is -0.120. The minimum absolute atomic E-state index is 0.136. The van der Waals surface area contributed by atoms with Gasteiger partial charge >= 0.3 is 0 Å². The highest BCUT2D eigenvalue weighted by atomic mass is 35.5. The number of nitrogens with one attached hydrogen (secondary N) is 1. The van der Waals surface area contributed by atoms with Crippen LogP contribution in [-0.4, -0.2) is 31.7 Å². The van der Waals surface area contributed by atoms with E-state index < -0.39 is 10.0 Å². The van der Waals surface area contributed by atoms with E-state index in [1.54, 1.807) is 6.07 Å². The maximum absolute atomic E-state index is 12.8. The summed E-state index contributed by atoms with van der Waals surface area (Å²) >= 11 is 6.91. The summed E-state index contributed by atoms with van der Waals surface area (Å²) in [5.74, 6) is -0.503. The van der Waals surface area contributed by atoms with E-state index in [9.17, 15) is 13.2 Å². The quantitative estimate of drug-likeness (QED) is 0.823. The summed E-state index contributed by atoms with van der Waals surface area (Å²) < 4.78 is 27.6. The molecule has 0 bridgehead atoms. The Morgan fingerprint density at radius 3 is 2.73 bits per heavy atom. The molecule has 1 aromatic heterocycles. The first-order chi connectivity index (χ1) is 12.3. The average molecular weight is 413 g/mol. The zero-order valence-electron chi connectivity index (χ0n) is 14.7. The molecule has 1 N–H and O–H groups in total. The van der Waals surface area contributed by atoms with Crippen LogP contribution in [0.2, 0.25) is 4.34 Å². The summed E-state index contributed by atoms with van der Waals surface area (Å²) in [7, 11) is -3.61. The van der Waals surface area contributed by atoms with Crippen LogP contribution >= 0.6 is 22.9 Å². The first-order valence-corrected chi connectivity index (χ1v) is 11.0. The third kappa shape index (κ3) is 3.96. The lowest BCUT2D eigenvalue weighted by Gasteiger charge is -2.31. The highest BCUT2D eigenvalue weighted by Crippen LogP contribution is 2.31. The molecule has 1 aliphatic rings. The minimum Gasteiger partial charge on any atom is -0.326 e. The maximum Gasteiger partial charge on any atom is 0.252 e. The molecular formula is C18H21ClN2O3S2. The van der Waals surface area contributed by atoms with Gasteiger partial charge in [-0.3, -0.25) is 4.79 Å². The highest BCUT2D eigenvalue weighted by Gasteiger charge is 2.34. The number of carbonyl (C=O) groups is 1. The number of amides is 1. The van der Waals surface area contributed by atoms with Gasteiger partial charge in [-0.2, -0.15) is 4.31 Å². The molecule has 26 heavy (non-hydrogen) atoms. The van der Waals surface area contributed by atoms with Crippen molar-refractivity contribution in [2.75, 3.05) is 18.4 Å². The van der Waals surface area contributed by atoms with E-state index >= 15 is 0 Å². The van der Waals surface area contributed by atoms with E-state index in [4.69, 9.17) is 11.6 Å². The second-order valence-corrected chi connectivity index (χ2v) is 10.4. The van der Waals surface area contributed by atoms with Gasteiger partial charge in [0, 0.05) is 18.8 Å². The van der Waals surface area contributed by atoms with Gasteiger partial charge in [0.25, 0.3) is 10.0 Å². The number of nitrogens with zero attached hydrogens (tertiary/aromatic N) is 1. The minimum atomic E-state index is -3.61. The number of thiophene rings is 1. The molecule has 0 spiro atoms.